The molecule has 0 saturated carbocycles. The molecule has 0 saturated heterocycles. The summed E-state index contributed by atoms with van der Waals surface area (Å²) in [7, 11) is 0. The van der Waals surface area contributed by atoms with Gasteiger partial charge < -0.3 is 9.84 Å². The highest BCUT2D eigenvalue weighted by atomic mass is 35.5. The molecule has 1 N–H and O–H groups in total. The molecule has 0 radical (unpaired) electrons. The lowest BCUT2D eigenvalue weighted by molar-refractivity contribution is -0.145. The van der Waals surface area contributed by atoms with E-state index in [0.717, 1.165) is 5.56 Å². The summed E-state index contributed by atoms with van der Waals surface area (Å²) in [5.41, 5.74) is 0.738. The summed E-state index contributed by atoms with van der Waals surface area (Å²) in [6.07, 6.45) is 0.142. The number of ether oxygens (including phenoxy) is 1. The average Bonchev–Trinajstić information content (AvgIpc) is 2.16. The Morgan fingerprint density at radius 3 is 2.93 bits per heavy atom. The Morgan fingerprint density at radius 2 is 2.27 bits per heavy atom. The molecule has 1 unspecified atom stereocenters. The fourth-order valence-corrected chi connectivity index (χ4v) is 1.53. The van der Waals surface area contributed by atoms with Gasteiger partial charge in [0.05, 0.1) is 0 Å². The van der Waals surface area contributed by atoms with E-state index in [0.29, 0.717) is 18.6 Å². The van der Waals surface area contributed by atoms with Gasteiger partial charge in [-0.15, -0.1) is 12.4 Å². The molecule has 1 aromatic rings. The number of hydrogen-bond acceptors (Lipinski definition) is 2. The molecule has 2 rings (SSSR count). The summed E-state index contributed by atoms with van der Waals surface area (Å²) in [4.78, 5) is 10.6. The Morgan fingerprint density at radius 1 is 1.53 bits per heavy atom. The van der Waals surface area contributed by atoms with Crippen molar-refractivity contribution in [2.24, 2.45) is 0 Å². The zero-order valence-electron chi connectivity index (χ0n) is 7.77. The van der Waals surface area contributed by atoms with Gasteiger partial charge in [-0.25, -0.2) is 9.18 Å². The van der Waals surface area contributed by atoms with E-state index in [1.54, 1.807) is 0 Å². The number of rotatable bonds is 1. The first-order chi connectivity index (χ1) is 6.66. The zero-order valence-corrected chi connectivity index (χ0v) is 8.59. The Balaban J connectivity index is 0.00000112. The Kier molecular flexibility index (Phi) is 3.52. The summed E-state index contributed by atoms with van der Waals surface area (Å²) in [5.74, 6) is -0.814. The highest BCUT2D eigenvalue weighted by Gasteiger charge is 2.25. The van der Waals surface area contributed by atoms with Crippen molar-refractivity contribution in [3.05, 3.63) is 29.6 Å². The topological polar surface area (TPSA) is 46.5 Å². The summed E-state index contributed by atoms with van der Waals surface area (Å²) in [5, 5.41) is 8.72. The molecular formula is C10H10ClFO3. The van der Waals surface area contributed by atoms with E-state index in [2.05, 4.69) is 0 Å². The van der Waals surface area contributed by atoms with Crippen molar-refractivity contribution in [1.82, 2.24) is 0 Å². The molecule has 5 heteroatoms. The maximum Gasteiger partial charge on any atom is 0.344 e. The molecule has 0 spiro atoms. The van der Waals surface area contributed by atoms with Crippen molar-refractivity contribution in [2.45, 2.75) is 18.9 Å². The third-order valence-electron chi connectivity index (χ3n) is 2.24. The molecule has 1 aliphatic rings. The number of aryl methyl sites for hydroxylation is 1. The molecule has 3 nitrogen and oxygen atoms in total. The number of carboxylic acid groups (broad SMARTS) is 1. The normalized spacial score (nSPS) is 18.3. The molecule has 0 aromatic heterocycles. The fraction of sp³-hybridized carbons (Fsp3) is 0.300. The van der Waals surface area contributed by atoms with Crippen molar-refractivity contribution in [1.29, 1.82) is 0 Å². The van der Waals surface area contributed by atoms with Gasteiger partial charge in [0.15, 0.2) is 6.10 Å². The maximum absolute atomic E-state index is 12.8. The van der Waals surface area contributed by atoms with Crippen LogP contribution in [0.2, 0.25) is 0 Å². The lowest BCUT2D eigenvalue weighted by atomic mass is 10.0. The Labute approximate surface area is 92.3 Å². The van der Waals surface area contributed by atoms with Gasteiger partial charge in [-0.2, -0.15) is 0 Å². The van der Waals surface area contributed by atoms with Crippen molar-refractivity contribution < 1.29 is 19.0 Å². The predicted molar refractivity (Wildman–Crippen MR) is 54.0 cm³/mol. The van der Waals surface area contributed by atoms with Gasteiger partial charge in [0.1, 0.15) is 11.6 Å². The highest BCUT2D eigenvalue weighted by Crippen LogP contribution is 2.28. The Bertz CT molecular complexity index is 381. The predicted octanol–water partition coefficient (Wildman–Crippen LogP) is 2.03. The van der Waals surface area contributed by atoms with Crippen molar-refractivity contribution in [3.8, 4) is 5.75 Å². The summed E-state index contributed by atoms with van der Waals surface area (Å²) < 4.78 is 18.0. The van der Waals surface area contributed by atoms with Crippen molar-refractivity contribution >= 4 is 18.4 Å². The van der Waals surface area contributed by atoms with Crippen molar-refractivity contribution in [3.63, 3.8) is 0 Å². The quantitative estimate of drug-likeness (QED) is 0.806. The van der Waals surface area contributed by atoms with Gasteiger partial charge in [-0.3, -0.25) is 0 Å². The van der Waals surface area contributed by atoms with Gasteiger partial charge in [-0.1, -0.05) is 0 Å². The van der Waals surface area contributed by atoms with Crippen molar-refractivity contribution in [2.75, 3.05) is 0 Å². The zero-order chi connectivity index (χ0) is 10.1. The summed E-state index contributed by atoms with van der Waals surface area (Å²) in [6.45, 7) is 0. The first-order valence-corrected chi connectivity index (χ1v) is 4.35. The minimum Gasteiger partial charge on any atom is -0.479 e. The molecule has 0 bridgehead atoms. The largest absolute Gasteiger partial charge is 0.479 e. The molecule has 1 atom stereocenters. The highest BCUT2D eigenvalue weighted by molar-refractivity contribution is 5.85. The van der Waals surface area contributed by atoms with E-state index in [1.807, 2.05) is 0 Å². The van der Waals surface area contributed by atoms with Gasteiger partial charge >= 0.3 is 5.97 Å². The monoisotopic (exact) mass is 232 g/mol. The number of hydrogen-bond donors (Lipinski definition) is 1. The molecule has 82 valence electrons. The van der Waals surface area contributed by atoms with Gasteiger partial charge in [0.2, 0.25) is 0 Å². The molecule has 0 fully saturated rings. The third-order valence-corrected chi connectivity index (χ3v) is 2.24. The number of benzene rings is 1. The van der Waals surface area contributed by atoms with Crippen LogP contribution in [0.1, 0.15) is 12.0 Å². The second-order valence-corrected chi connectivity index (χ2v) is 3.24. The standard InChI is InChI=1S/C10H9FO3.ClH/c11-7-2-4-8-6(5-7)1-3-9(14-8)10(12)13;/h2,4-5,9H,1,3H2,(H,12,13);1H. The van der Waals surface area contributed by atoms with E-state index >= 15 is 0 Å². The van der Waals surface area contributed by atoms with Crippen LogP contribution in [0.3, 0.4) is 0 Å². The fourth-order valence-electron chi connectivity index (χ4n) is 1.53. The van der Waals surface area contributed by atoms with Gasteiger partial charge in [-0.05, 0) is 36.6 Å². The first-order valence-electron chi connectivity index (χ1n) is 4.35. The SMILES string of the molecule is Cl.O=C(O)C1CCc2cc(F)ccc2O1. The van der Waals surface area contributed by atoms with Crippen LogP contribution in [0.15, 0.2) is 18.2 Å². The number of aliphatic carboxylic acids is 1. The van der Waals surface area contributed by atoms with Crippen LogP contribution in [-0.2, 0) is 11.2 Å². The lowest BCUT2D eigenvalue weighted by Crippen LogP contribution is -2.30. The van der Waals surface area contributed by atoms with Crippen LogP contribution in [0, 0.1) is 5.82 Å². The van der Waals surface area contributed by atoms with Crippen LogP contribution >= 0.6 is 12.4 Å². The van der Waals surface area contributed by atoms with Crippen LogP contribution in [0.25, 0.3) is 0 Å². The average molecular weight is 233 g/mol. The van der Waals surface area contributed by atoms with E-state index in [-0.39, 0.29) is 18.2 Å². The Hall–Kier alpha value is -1.29. The van der Waals surface area contributed by atoms with Gasteiger partial charge in [0.25, 0.3) is 0 Å². The summed E-state index contributed by atoms with van der Waals surface area (Å²) in [6, 6.07) is 4.12. The van der Waals surface area contributed by atoms with E-state index in [1.165, 1.54) is 18.2 Å². The second kappa shape index (κ2) is 4.49. The number of fused-ring (bicyclic) bond motifs is 1. The van der Waals surface area contributed by atoms with Crippen LogP contribution < -0.4 is 4.74 Å². The van der Waals surface area contributed by atoms with Crippen LogP contribution in [0.4, 0.5) is 4.39 Å². The van der Waals surface area contributed by atoms with E-state index in [4.69, 9.17) is 9.84 Å². The molecule has 1 heterocycles. The molecule has 15 heavy (non-hydrogen) atoms. The van der Waals surface area contributed by atoms with E-state index in [9.17, 15) is 9.18 Å². The lowest BCUT2D eigenvalue weighted by Gasteiger charge is -2.22. The molecular weight excluding hydrogens is 223 g/mol. The van der Waals surface area contributed by atoms with Crippen LogP contribution in [-0.4, -0.2) is 17.2 Å². The minimum atomic E-state index is -0.972. The second-order valence-electron chi connectivity index (χ2n) is 3.24. The summed E-state index contributed by atoms with van der Waals surface area (Å²) >= 11 is 0. The number of halogens is 2. The minimum absolute atomic E-state index is 0. The first kappa shape index (κ1) is 11.8. The molecule has 1 aromatic carbocycles. The van der Waals surface area contributed by atoms with Gasteiger partial charge in [0, 0.05) is 0 Å². The third kappa shape index (κ3) is 2.39. The molecule has 0 amide bonds. The molecule has 1 aliphatic heterocycles. The number of carbonyl (C=O) groups is 1. The molecule has 0 aliphatic carbocycles. The maximum atomic E-state index is 12.8. The smallest absolute Gasteiger partial charge is 0.344 e. The van der Waals surface area contributed by atoms with E-state index < -0.39 is 12.1 Å². The van der Waals surface area contributed by atoms with Crippen LogP contribution in [0.5, 0.6) is 5.75 Å². The number of carboxylic acids is 1.